The average molecular weight is 519 g/mol. The molecule has 2 heterocycles. The zero-order chi connectivity index (χ0) is 26.2. The predicted molar refractivity (Wildman–Crippen MR) is 140 cm³/mol. The summed E-state index contributed by atoms with van der Waals surface area (Å²) in [4.78, 5) is 55.8. The number of urea groups is 1. The molecule has 4 rings (SSSR count). The van der Waals surface area contributed by atoms with Gasteiger partial charge >= 0.3 is 6.03 Å². The van der Waals surface area contributed by atoms with Gasteiger partial charge in [0.15, 0.2) is 0 Å². The van der Waals surface area contributed by atoms with Crippen molar-refractivity contribution in [1.82, 2.24) is 25.8 Å². The van der Waals surface area contributed by atoms with E-state index in [0.717, 1.165) is 77.3 Å². The van der Waals surface area contributed by atoms with Gasteiger partial charge in [-0.2, -0.15) is 0 Å². The Morgan fingerprint density at radius 3 is 2.16 bits per heavy atom. The Kier molecular flexibility index (Phi) is 10.1. The van der Waals surface area contributed by atoms with Crippen LogP contribution < -0.4 is 21.7 Å². The summed E-state index contributed by atoms with van der Waals surface area (Å²) in [6, 6.07) is -1.77. The molecule has 0 spiro atoms. The molecule has 5 N–H and O–H groups in total. The highest BCUT2D eigenvalue weighted by molar-refractivity contribution is 5.92. The van der Waals surface area contributed by atoms with Crippen molar-refractivity contribution in [2.75, 3.05) is 32.7 Å². The minimum absolute atomic E-state index is 0.0558. The van der Waals surface area contributed by atoms with Gasteiger partial charge in [-0.05, 0) is 51.1 Å². The fraction of sp³-hybridized carbons (Fsp3) is 0.852. The highest BCUT2D eigenvalue weighted by atomic mass is 16.2. The largest absolute Gasteiger partial charge is 0.368 e. The quantitative estimate of drug-likeness (QED) is 0.405. The van der Waals surface area contributed by atoms with Gasteiger partial charge in [0.1, 0.15) is 12.1 Å². The van der Waals surface area contributed by atoms with Gasteiger partial charge in [0.25, 0.3) is 0 Å². The standard InChI is InChI=1S/C27H46N6O4/c28-24(34)22(17-19-7-3-1-4-8-19)31-25(35)23-18-32(26(36)20-11-13-29-14-12-20)15-16-33(23)27(37)30-21-9-5-2-6-10-21/h19-23,29H,1-18H2,(H2,28,34)(H,30,37)(H,31,35). The number of nitrogens with one attached hydrogen (secondary N) is 3. The second kappa shape index (κ2) is 13.4. The lowest BCUT2D eigenvalue weighted by molar-refractivity contribution is -0.142. The average Bonchev–Trinajstić information content (AvgIpc) is 2.93. The third-order valence-electron chi connectivity index (χ3n) is 8.83. The maximum absolute atomic E-state index is 13.6. The SMILES string of the molecule is NC(=O)C(CC1CCCCC1)NC(=O)C1CN(C(=O)C2CCNCC2)CCN1C(=O)NC1CCCCC1. The van der Waals surface area contributed by atoms with Crippen LogP contribution in [0.2, 0.25) is 0 Å². The molecule has 2 unspecified atom stereocenters. The Balaban J connectivity index is 1.45. The summed E-state index contributed by atoms with van der Waals surface area (Å²) in [5.41, 5.74) is 5.71. The monoisotopic (exact) mass is 518 g/mol. The second-order valence-corrected chi connectivity index (χ2v) is 11.5. The number of amides is 5. The second-order valence-electron chi connectivity index (χ2n) is 11.5. The third kappa shape index (κ3) is 7.58. The number of nitrogens with zero attached hydrogens (tertiary/aromatic N) is 2. The first kappa shape index (κ1) is 27.7. The molecule has 0 bridgehead atoms. The van der Waals surface area contributed by atoms with Gasteiger partial charge in [-0.25, -0.2) is 4.79 Å². The molecule has 10 nitrogen and oxygen atoms in total. The number of piperidine rings is 1. The molecule has 0 radical (unpaired) electrons. The molecule has 0 aromatic heterocycles. The van der Waals surface area contributed by atoms with Crippen LogP contribution in [0.25, 0.3) is 0 Å². The maximum atomic E-state index is 13.6. The van der Waals surface area contributed by atoms with Crippen LogP contribution in [0.3, 0.4) is 0 Å². The lowest BCUT2D eigenvalue weighted by atomic mass is 9.84. The predicted octanol–water partition coefficient (Wildman–Crippen LogP) is 1.48. The summed E-state index contributed by atoms with van der Waals surface area (Å²) in [5.74, 6) is -0.587. The van der Waals surface area contributed by atoms with Crippen LogP contribution in [0.5, 0.6) is 0 Å². The molecule has 4 fully saturated rings. The molecular weight excluding hydrogens is 472 g/mol. The normalized spacial score (nSPS) is 25.4. The van der Waals surface area contributed by atoms with Crippen molar-refractivity contribution in [1.29, 1.82) is 0 Å². The Bertz CT molecular complexity index is 805. The Labute approximate surface area is 220 Å². The van der Waals surface area contributed by atoms with E-state index in [0.29, 0.717) is 18.9 Å². The van der Waals surface area contributed by atoms with E-state index in [9.17, 15) is 19.2 Å². The molecule has 2 aliphatic heterocycles. The van der Waals surface area contributed by atoms with Gasteiger partial charge in [-0.15, -0.1) is 0 Å². The van der Waals surface area contributed by atoms with E-state index < -0.39 is 23.9 Å². The Morgan fingerprint density at radius 1 is 0.865 bits per heavy atom. The lowest BCUT2D eigenvalue weighted by Crippen LogP contribution is -2.65. The van der Waals surface area contributed by atoms with E-state index in [1.807, 2.05) is 0 Å². The molecule has 37 heavy (non-hydrogen) atoms. The molecule has 208 valence electrons. The number of carbonyl (C=O) groups is 4. The zero-order valence-electron chi connectivity index (χ0n) is 22.2. The van der Waals surface area contributed by atoms with Crippen LogP contribution in [0.1, 0.15) is 83.5 Å². The fourth-order valence-corrected chi connectivity index (χ4v) is 6.55. The van der Waals surface area contributed by atoms with E-state index >= 15 is 0 Å². The van der Waals surface area contributed by atoms with Crippen LogP contribution in [0.4, 0.5) is 4.79 Å². The molecule has 10 heteroatoms. The minimum Gasteiger partial charge on any atom is -0.368 e. The van der Waals surface area contributed by atoms with Gasteiger partial charge in [0, 0.05) is 25.0 Å². The molecule has 2 saturated heterocycles. The topological polar surface area (TPSA) is 137 Å². The van der Waals surface area contributed by atoms with E-state index in [4.69, 9.17) is 5.73 Å². The van der Waals surface area contributed by atoms with E-state index in [-0.39, 0.29) is 37.0 Å². The molecule has 0 aromatic carbocycles. The van der Waals surface area contributed by atoms with Crippen molar-refractivity contribution < 1.29 is 19.2 Å². The number of hydrogen-bond acceptors (Lipinski definition) is 5. The molecular formula is C27H46N6O4. The van der Waals surface area contributed by atoms with Crippen molar-refractivity contribution in [3.63, 3.8) is 0 Å². The number of rotatable bonds is 7. The molecule has 2 saturated carbocycles. The first-order chi connectivity index (χ1) is 17.9. The zero-order valence-corrected chi connectivity index (χ0v) is 22.2. The molecule has 0 aromatic rings. The van der Waals surface area contributed by atoms with Crippen LogP contribution in [0, 0.1) is 11.8 Å². The first-order valence-electron chi connectivity index (χ1n) is 14.6. The number of piperazine rings is 1. The van der Waals surface area contributed by atoms with Crippen LogP contribution in [-0.4, -0.2) is 84.4 Å². The first-order valence-corrected chi connectivity index (χ1v) is 14.6. The van der Waals surface area contributed by atoms with Crippen molar-refractivity contribution >= 4 is 23.8 Å². The van der Waals surface area contributed by atoms with Gasteiger partial charge < -0.3 is 31.5 Å². The molecule has 2 atom stereocenters. The summed E-state index contributed by atoms with van der Waals surface area (Å²) < 4.78 is 0. The molecule has 2 aliphatic carbocycles. The number of carbonyl (C=O) groups excluding carboxylic acids is 4. The number of nitrogens with two attached hydrogens (primary N) is 1. The van der Waals surface area contributed by atoms with Crippen LogP contribution in [0.15, 0.2) is 0 Å². The lowest BCUT2D eigenvalue weighted by Gasteiger charge is -2.42. The molecule has 5 amide bonds. The van der Waals surface area contributed by atoms with E-state index in [1.165, 1.54) is 12.8 Å². The van der Waals surface area contributed by atoms with Crippen LogP contribution in [-0.2, 0) is 14.4 Å². The highest BCUT2D eigenvalue weighted by Crippen LogP contribution is 2.27. The van der Waals surface area contributed by atoms with Crippen molar-refractivity contribution in [2.24, 2.45) is 17.6 Å². The van der Waals surface area contributed by atoms with Gasteiger partial charge in [0.05, 0.1) is 6.54 Å². The molecule has 4 aliphatic rings. The highest BCUT2D eigenvalue weighted by Gasteiger charge is 2.40. The Morgan fingerprint density at radius 2 is 1.51 bits per heavy atom. The maximum Gasteiger partial charge on any atom is 0.318 e. The summed E-state index contributed by atoms with van der Waals surface area (Å²) in [5, 5.41) is 9.29. The smallest absolute Gasteiger partial charge is 0.318 e. The van der Waals surface area contributed by atoms with Gasteiger partial charge in [-0.1, -0.05) is 51.4 Å². The van der Waals surface area contributed by atoms with Crippen molar-refractivity contribution in [2.45, 2.75) is 102 Å². The summed E-state index contributed by atoms with van der Waals surface area (Å²) in [7, 11) is 0. The summed E-state index contributed by atoms with van der Waals surface area (Å²) in [6.07, 6.45) is 12.9. The Hall–Kier alpha value is -2.36. The van der Waals surface area contributed by atoms with Crippen molar-refractivity contribution in [3.05, 3.63) is 0 Å². The number of hydrogen-bond donors (Lipinski definition) is 4. The summed E-state index contributed by atoms with van der Waals surface area (Å²) >= 11 is 0. The van der Waals surface area contributed by atoms with E-state index in [1.54, 1.807) is 9.80 Å². The van der Waals surface area contributed by atoms with Gasteiger partial charge in [-0.3, -0.25) is 14.4 Å². The van der Waals surface area contributed by atoms with Crippen LogP contribution >= 0.6 is 0 Å². The summed E-state index contributed by atoms with van der Waals surface area (Å²) in [6.45, 7) is 2.46. The fourth-order valence-electron chi connectivity index (χ4n) is 6.55. The van der Waals surface area contributed by atoms with E-state index in [2.05, 4.69) is 16.0 Å². The minimum atomic E-state index is -0.851. The number of primary amides is 1. The third-order valence-corrected chi connectivity index (χ3v) is 8.83. The van der Waals surface area contributed by atoms with Gasteiger partial charge in [0.2, 0.25) is 17.7 Å². The van der Waals surface area contributed by atoms with Crippen molar-refractivity contribution in [3.8, 4) is 0 Å².